The first-order valence-corrected chi connectivity index (χ1v) is 15.1. The zero-order valence-electron chi connectivity index (χ0n) is 24.0. The number of likely N-dealkylation sites (N-methyl/N-ethyl adjacent to an activating group) is 1. The first-order chi connectivity index (χ1) is 17.7. The van der Waals surface area contributed by atoms with Gasteiger partial charge in [-0.15, -0.1) is 11.8 Å². The topological polar surface area (TPSA) is 101 Å². The first kappa shape index (κ1) is 30.4. The largest absolute Gasteiger partial charge is 0.444 e. The highest BCUT2D eigenvalue weighted by Crippen LogP contribution is 2.32. The number of carbonyl (C=O) groups excluding carboxylic acids is 2. The number of thioether (sulfide) groups is 1. The van der Waals surface area contributed by atoms with Gasteiger partial charge in [0.15, 0.2) is 5.13 Å². The summed E-state index contributed by atoms with van der Waals surface area (Å²) >= 11 is 3.07. The molecule has 0 saturated carbocycles. The number of rotatable bonds is 9. The van der Waals surface area contributed by atoms with E-state index in [4.69, 9.17) is 9.15 Å². The summed E-state index contributed by atoms with van der Waals surface area (Å²) in [6.07, 6.45) is 4.86. The number of nitrogens with one attached hydrogen (secondary N) is 1. The lowest BCUT2D eigenvalue weighted by atomic mass is 9.94. The van der Waals surface area contributed by atoms with Crippen LogP contribution in [0, 0.1) is 5.92 Å². The maximum atomic E-state index is 12.9. The third-order valence-electron chi connectivity index (χ3n) is 6.39. The van der Waals surface area contributed by atoms with Gasteiger partial charge in [0.1, 0.15) is 11.4 Å². The number of ether oxygens (including phenoxy) is 1. The van der Waals surface area contributed by atoms with Crippen molar-refractivity contribution in [1.29, 1.82) is 0 Å². The van der Waals surface area contributed by atoms with Gasteiger partial charge in [-0.1, -0.05) is 32.1 Å². The Hall–Kier alpha value is -2.11. The Morgan fingerprint density at radius 1 is 1.21 bits per heavy atom. The molecule has 1 unspecified atom stereocenters. The van der Waals surface area contributed by atoms with Gasteiger partial charge in [-0.2, -0.15) is 0 Å². The minimum Gasteiger partial charge on any atom is -0.444 e. The Kier molecular flexibility index (Phi) is 10.3. The molecule has 3 rings (SSSR count). The number of amides is 2. The number of likely N-dealkylation sites (tertiary alicyclic amines) is 1. The van der Waals surface area contributed by atoms with Gasteiger partial charge < -0.3 is 19.4 Å². The smallest absolute Gasteiger partial charge is 0.410 e. The average molecular weight is 566 g/mol. The van der Waals surface area contributed by atoms with Crippen LogP contribution < -0.4 is 5.32 Å². The van der Waals surface area contributed by atoms with Crippen molar-refractivity contribution in [3.05, 3.63) is 24.0 Å². The number of hydrogen-bond donors (Lipinski definition) is 1. The molecule has 1 fully saturated rings. The van der Waals surface area contributed by atoms with Crippen molar-refractivity contribution in [3.63, 3.8) is 0 Å². The highest BCUT2D eigenvalue weighted by molar-refractivity contribution is 8.00. The summed E-state index contributed by atoms with van der Waals surface area (Å²) in [6.45, 7) is 18.9. The number of oxazole rings is 1. The SMILES string of the molecule is CCN(CC(C)N1CCC(C(=O)Nc2ncc(SCc3ncc(C(C)(C)C)o3)s2)CC1)C(=O)OC(C)(C)C. The van der Waals surface area contributed by atoms with Gasteiger partial charge in [-0.3, -0.25) is 9.69 Å². The predicted molar refractivity (Wildman–Crippen MR) is 153 cm³/mol. The van der Waals surface area contributed by atoms with Crippen LogP contribution in [0.3, 0.4) is 0 Å². The third-order valence-corrected chi connectivity index (χ3v) is 8.48. The van der Waals surface area contributed by atoms with Gasteiger partial charge >= 0.3 is 6.09 Å². The van der Waals surface area contributed by atoms with E-state index in [1.807, 2.05) is 27.7 Å². The summed E-state index contributed by atoms with van der Waals surface area (Å²) in [7, 11) is 0. The molecule has 1 N–H and O–H groups in total. The van der Waals surface area contributed by atoms with Crippen molar-refractivity contribution >= 4 is 40.2 Å². The van der Waals surface area contributed by atoms with Gasteiger partial charge in [-0.05, 0) is 60.5 Å². The molecule has 1 atom stereocenters. The van der Waals surface area contributed by atoms with Crippen LogP contribution in [-0.4, -0.2) is 69.6 Å². The highest BCUT2D eigenvalue weighted by Gasteiger charge is 2.30. The van der Waals surface area contributed by atoms with Crippen LogP contribution in [0.5, 0.6) is 0 Å². The number of hydrogen-bond acceptors (Lipinski definition) is 9. The van der Waals surface area contributed by atoms with Crippen molar-refractivity contribution in [2.24, 2.45) is 5.92 Å². The Bertz CT molecular complexity index is 1060. The minimum atomic E-state index is -0.511. The van der Waals surface area contributed by atoms with Gasteiger partial charge in [0, 0.05) is 30.5 Å². The van der Waals surface area contributed by atoms with Crippen LogP contribution in [0.4, 0.5) is 9.93 Å². The molecule has 2 amide bonds. The monoisotopic (exact) mass is 565 g/mol. The molecule has 38 heavy (non-hydrogen) atoms. The molecule has 0 spiro atoms. The quantitative estimate of drug-likeness (QED) is 0.369. The third kappa shape index (κ3) is 8.98. The van der Waals surface area contributed by atoms with E-state index in [1.54, 1.807) is 29.1 Å². The van der Waals surface area contributed by atoms with E-state index in [1.165, 1.54) is 11.3 Å². The molecule has 1 aliphatic rings. The molecule has 1 aliphatic heterocycles. The molecule has 212 valence electrons. The molecule has 11 heteroatoms. The minimum absolute atomic E-state index is 0.0228. The van der Waals surface area contributed by atoms with Crippen LogP contribution >= 0.6 is 23.1 Å². The van der Waals surface area contributed by atoms with Crippen LogP contribution in [0.1, 0.15) is 79.9 Å². The van der Waals surface area contributed by atoms with Crippen molar-refractivity contribution in [2.75, 3.05) is 31.5 Å². The summed E-state index contributed by atoms with van der Waals surface area (Å²) in [4.78, 5) is 38.3. The number of aromatic nitrogens is 2. The van der Waals surface area contributed by atoms with E-state index in [0.717, 1.165) is 35.9 Å². The molecule has 0 aliphatic carbocycles. The van der Waals surface area contributed by atoms with Crippen LogP contribution in [0.15, 0.2) is 21.0 Å². The summed E-state index contributed by atoms with van der Waals surface area (Å²) in [6, 6.07) is 0.188. The molecule has 9 nitrogen and oxygen atoms in total. The van der Waals surface area contributed by atoms with Crippen molar-refractivity contribution in [2.45, 2.75) is 95.3 Å². The standard InChI is InChI=1S/C27H43N5O4S2/c1-9-31(25(34)36-27(6,7)8)16-18(2)32-12-10-19(11-13-32)23(33)30-24-29-15-22(38-24)37-17-21-28-14-20(35-21)26(3,4)5/h14-15,18-19H,9-13,16-17H2,1-8H3,(H,29,30,33). The number of carbonyl (C=O) groups is 2. The van der Waals surface area contributed by atoms with E-state index in [2.05, 4.69) is 47.9 Å². The van der Waals surface area contributed by atoms with Crippen LogP contribution in [0.25, 0.3) is 0 Å². The Labute approximate surface area is 235 Å². The van der Waals surface area contributed by atoms with Crippen LogP contribution in [0.2, 0.25) is 0 Å². The van der Waals surface area contributed by atoms with Crippen molar-refractivity contribution < 1.29 is 18.7 Å². The lowest BCUT2D eigenvalue weighted by molar-refractivity contribution is -0.121. The predicted octanol–water partition coefficient (Wildman–Crippen LogP) is 6.02. The highest BCUT2D eigenvalue weighted by atomic mass is 32.2. The molecule has 3 heterocycles. The number of piperidine rings is 1. The normalized spacial score (nSPS) is 16.3. The Morgan fingerprint density at radius 3 is 2.47 bits per heavy atom. The van der Waals surface area contributed by atoms with E-state index >= 15 is 0 Å². The van der Waals surface area contributed by atoms with Crippen molar-refractivity contribution in [3.8, 4) is 0 Å². The Morgan fingerprint density at radius 2 is 1.89 bits per heavy atom. The second-order valence-electron chi connectivity index (χ2n) is 11.8. The van der Waals surface area contributed by atoms with E-state index in [9.17, 15) is 9.59 Å². The summed E-state index contributed by atoms with van der Waals surface area (Å²) in [5, 5.41) is 3.62. The summed E-state index contributed by atoms with van der Waals surface area (Å²) in [5.74, 6) is 2.15. The molecular weight excluding hydrogens is 522 g/mol. The molecule has 1 saturated heterocycles. The molecule has 2 aromatic heterocycles. The number of thiazole rings is 1. The van der Waals surface area contributed by atoms with E-state index in [-0.39, 0.29) is 29.4 Å². The summed E-state index contributed by atoms with van der Waals surface area (Å²) < 4.78 is 12.4. The molecule has 0 radical (unpaired) electrons. The lowest BCUT2D eigenvalue weighted by Crippen LogP contribution is -2.49. The lowest BCUT2D eigenvalue weighted by Gasteiger charge is -2.37. The fraction of sp³-hybridized carbons (Fsp3) is 0.704. The maximum Gasteiger partial charge on any atom is 0.410 e. The van der Waals surface area contributed by atoms with Gasteiger partial charge in [0.05, 0.1) is 22.4 Å². The molecule has 2 aromatic rings. The second-order valence-corrected chi connectivity index (χ2v) is 14.1. The maximum absolute atomic E-state index is 12.9. The zero-order valence-corrected chi connectivity index (χ0v) is 25.6. The average Bonchev–Trinajstić information content (AvgIpc) is 3.49. The molecular formula is C27H43N5O4S2. The van der Waals surface area contributed by atoms with Crippen LogP contribution in [-0.2, 0) is 20.7 Å². The fourth-order valence-corrected chi connectivity index (χ4v) is 5.87. The van der Waals surface area contributed by atoms with E-state index < -0.39 is 5.60 Å². The first-order valence-electron chi connectivity index (χ1n) is 13.3. The van der Waals surface area contributed by atoms with Gasteiger partial charge in [0.25, 0.3) is 0 Å². The number of anilines is 1. The van der Waals surface area contributed by atoms with E-state index in [0.29, 0.717) is 29.9 Å². The second kappa shape index (κ2) is 12.8. The number of nitrogens with zero attached hydrogens (tertiary/aromatic N) is 4. The van der Waals surface area contributed by atoms with Crippen molar-refractivity contribution in [1.82, 2.24) is 19.8 Å². The van der Waals surface area contributed by atoms with Gasteiger partial charge in [0.2, 0.25) is 11.8 Å². The van der Waals surface area contributed by atoms with Gasteiger partial charge in [-0.25, -0.2) is 14.8 Å². The Balaban J connectivity index is 1.43. The molecule has 0 bridgehead atoms. The molecule has 0 aromatic carbocycles. The summed E-state index contributed by atoms with van der Waals surface area (Å²) in [5.41, 5.74) is -0.578. The fourth-order valence-electron chi connectivity index (χ4n) is 4.14. The zero-order chi connectivity index (χ0) is 28.1.